The molecular formula is C8H8Cl4O. The van der Waals surface area contributed by atoms with Gasteiger partial charge in [-0.25, -0.2) is 0 Å². The van der Waals surface area contributed by atoms with Gasteiger partial charge in [-0.15, -0.1) is 11.6 Å². The first kappa shape index (κ1) is 11.6. The molecule has 1 fully saturated rings. The normalized spacial score (nSPS) is 31.1. The highest BCUT2D eigenvalue weighted by molar-refractivity contribution is 6.62. The average molecular weight is 262 g/mol. The first-order valence-corrected chi connectivity index (χ1v) is 5.18. The van der Waals surface area contributed by atoms with Gasteiger partial charge >= 0.3 is 0 Å². The van der Waals surface area contributed by atoms with Crippen LogP contribution in [0.25, 0.3) is 0 Å². The number of Topliss-reactive ketones (excluding diaryl/α,β-unsaturated/α-hetero) is 1. The van der Waals surface area contributed by atoms with Crippen molar-refractivity contribution in [2.24, 2.45) is 5.41 Å². The summed E-state index contributed by atoms with van der Waals surface area (Å²) in [6.07, 6.45) is 0.397. The van der Waals surface area contributed by atoms with Gasteiger partial charge in [0.25, 0.3) is 0 Å². The summed E-state index contributed by atoms with van der Waals surface area (Å²) in [6, 6.07) is 0. The molecule has 1 nitrogen and oxygen atoms in total. The van der Waals surface area contributed by atoms with Crippen LogP contribution >= 0.6 is 46.4 Å². The van der Waals surface area contributed by atoms with E-state index in [1.165, 1.54) is 0 Å². The van der Waals surface area contributed by atoms with Crippen LogP contribution in [0.5, 0.6) is 0 Å². The smallest absolute Gasteiger partial charge is 0.160 e. The van der Waals surface area contributed by atoms with Gasteiger partial charge < -0.3 is 0 Å². The van der Waals surface area contributed by atoms with Crippen molar-refractivity contribution in [2.75, 3.05) is 0 Å². The second-order valence-corrected chi connectivity index (χ2v) is 5.61. The lowest BCUT2D eigenvalue weighted by Crippen LogP contribution is -2.58. The molecule has 1 aliphatic carbocycles. The molecule has 0 aromatic rings. The van der Waals surface area contributed by atoms with Gasteiger partial charge in [-0.1, -0.05) is 48.7 Å². The molecule has 1 atom stereocenters. The Morgan fingerprint density at radius 1 is 1.31 bits per heavy atom. The highest BCUT2D eigenvalue weighted by Crippen LogP contribution is 2.57. The number of ketones is 1. The molecule has 1 saturated carbocycles. The third kappa shape index (κ3) is 1.50. The van der Waals surface area contributed by atoms with Gasteiger partial charge in [0.15, 0.2) is 5.78 Å². The number of carbonyl (C=O) groups is 1. The fraction of sp³-hybridized carbons (Fsp3) is 0.625. The Bertz CT molecular complexity index is 291. The summed E-state index contributed by atoms with van der Waals surface area (Å²) in [7, 11) is 0. The standard InChI is InChI=1S/C8H8Cl4O/c1-7(2)3-4(13)8(7,12)5(9)6(10)11/h3H2,1-2H3/t8-/m1/s1. The molecular weight excluding hydrogens is 254 g/mol. The van der Waals surface area contributed by atoms with Crippen LogP contribution in [0.3, 0.4) is 0 Å². The fourth-order valence-electron chi connectivity index (χ4n) is 1.47. The first-order chi connectivity index (χ1) is 5.73. The topological polar surface area (TPSA) is 17.1 Å². The summed E-state index contributed by atoms with van der Waals surface area (Å²) < 4.78 is -0.141. The monoisotopic (exact) mass is 260 g/mol. The number of hydrogen-bond donors (Lipinski definition) is 0. The van der Waals surface area contributed by atoms with Gasteiger partial charge in [0.05, 0.1) is 5.03 Å². The quantitative estimate of drug-likeness (QED) is 0.656. The molecule has 0 radical (unpaired) electrons. The third-order valence-corrected chi connectivity index (χ3v) is 4.44. The summed E-state index contributed by atoms with van der Waals surface area (Å²) in [6.45, 7) is 3.70. The first-order valence-electron chi connectivity index (χ1n) is 3.67. The van der Waals surface area contributed by atoms with Crippen molar-refractivity contribution < 1.29 is 4.79 Å². The number of alkyl halides is 1. The average Bonchev–Trinajstić information content (AvgIpc) is 2.00. The number of rotatable bonds is 1. The van der Waals surface area contributed by atoms with Crippen LogP contribution < -0.4 is 0 Å². The van der Waals surface area contributed by atoms with Crippen LogP contribution in [-0.2, 0) is 4.79 Å². The van der Waals surface area contributed by atoms with Crippen molar-refractivity contribution in [1.29, 1.82) is 0 Å². The van der Waals surface area contributed by atoms with E-state index in [0.29, 0.717) is 6.42 Å². The molecule has 13 heavy (non-hydrogen) atoms. The molecule has 0 heterocycles. The second-order valence-electron chi connectivity index (χ2n) is 3.72. The summed E-state index contributed by atoms with van der Waals surface area (Å²) >= 11 is 22.9. The van der Waals surface area contributed by atoms with E-state index in [1.54, 1.807) is 0 Å². The van der Waals surface area contributed by atoms with Gasteiger partial charge in [-0.05, 0) is 0 Å². The minimum atomic E-state index is -1.23. The molecule has 0 saturated heterocycles. The predicted octanol–water partition coefficient (Wildman–Crippen LogP) is 3.85. The summed E-state index contributed by atoms with van der Waals surface area (Å²) in [5.74, 6) is -0.136. The van der Waals surface area contributed by atoms with E-state index < -0.39 is 10.3 Å². The van der Waals surface area contributed by atoms with E-state index in [9.17, 15) is 4.79 Å². The Kier molecular flexibility index (Phi) is 2.96. The Hall–Kier alpha value is 0.570. The molecule has 0 amide bonds. The maximum atomic E-state index is 11.3. The van der Waals surface area contributed by atoms with E-state index >= 15 is 0 Å². The van der Waals surface area contributed by atoms with Gasteiger partial charge in [0.1, 0.15) is 9.37 Å². The van der Waals surface area contributed by atoms with Crippen LogP contribution in [0.15, 0.2) is 9.52 Å². The molecule has 0 aromatic carbocycles. The maximum Gasteiger partial charge on any atom is 0.160 e. The van der Waals surface area contributed by atoms with E-state index in [1.807, 2.05) is 13.8 Å². The molecule has 0 N–H and O–H groups in total. The van der Waals surface area contributed by atoms with Crippen LogP contribution in [0.4, 0.5) is 0 Å². The summed E-state index contributed by atoms with van der Waals surface area (Å²) in [5, 5.41) is 0.0266. The van der Waals surface area contributed by atoms with Crippen LogP contribution in [0.2, 0.25) is 0 Å². The third-order valence-electron chi connectivity index (χ3n) is 2.39. The lowest BCUT2D eigenvalue weighted by Gasteiger charge is -2.49. The molecule has 5 heteroatoms. The van der Waals surface area contributed by atoms with E-state index in [2.05, 4.69) is 0 Å². The maximum absolute atomic E-state index is 11.3. The van der Waals surface area contributed by atoms with E-state index in [4.69, 9.17) is 46.4 Å². The molecule has 74 valence electrons. The SMILES string of the molecule is CC1(C)CC(=O)[C@@]1(Cl)C(Cl)=C(Cl)Cl. The Balaban J connectivity index is 3.15. The molecule has 0 unspecified atom stereocenters. The van der Waals surface area contributed by atoms with Crippen molar-refractivity contribution in [2.45, 2.75) is 25.1 Å². The fourth-order valence-corrected chi connectivity index (χ4v) is 2.43. The zero-order chi connectivity index (χ0) is 10.4. The van der Waals surface area contributed by atoms with Gasteiger partial charge in [-0.3, -0.25) is 4.79 Å². The Morgan fingerprint density at radius 2 is 1.77 bits per heavy atom. The van der Waals surface area contributed by atoms with E-state index in [-0.39, 0.29) is 15.3 Å². The van der Waals surface area contributed by atoms with Crippen molar-refractivity contribution in [1.82, 2.24) is 0 Å². The van der Waals surface area contributed by atoms with Crippen LogP contribution in [-0.4, -0.2) is 10.7 Å². The molecule has 0 aromatic heterocycles. The van der Waals surface area contributed by atoms with E-state index in [0.717, 1.165) is 0 Å². The van der Waals surface area contributed by atoms with Crippen molar-refractivity contribution >= 4 is 52.2 Å². The zero-order valence-electron chi connectivity index (χ0n) is 7.13. The summed E-state index contributed by atoms with van der Waals surface area (Å²) in [5.41, 5.74) is -0.391. The largest absolute Gasteiger partial charge is 0.297 e. The number of carbonyl (C=O) groups excluding carboxylic acids is 1. The van der Waals surface area contributed by atoms with Gasteiger partial charge in [0, 0.05) is 11.8 Å². The highest BCUT2D eigenvalue weighted by atomic mass is 35.5. The van der Waals surface area contributed by atoms with Crippen molar-refractivity contribution in [3.8, 4) is 0 Å². The number of allylic oxidation sites excluding steroid dienone is 1. The lowest BCUT2D eigenvalue weighted by atomic mass is 9.60. The van der Waals surface area contributed by atoms with Crippen LogP contribution in [0.1, 0.15) is 20.3 Å². The minimum Gasteiger partial charge on any atom is -0.297 e. The molecule has 1 rings (SSSR count). The minimum absolute atomic E-state index is 0.0266. The van der Waals surface area contributed by atoms with Gasteiger partial charge in [0.2, 0.25) is 0 Å². The Morgan fingerprint density at radius 3 is 1.92 bits per heavy atom. The molecule has 0 aliphatic heterocycles. The molecule has 0 spiro atoms. The number of halogens is 4. The van der Waals surface area contributed by atoms with Crippen LogP contribution in [0, 0.1) is 5.41 Å². The zero-order valence-corrected chi connectivity index (χ0v) is 10.2. The lowest BCUT2D eigenvalue weighted by molar-refractivity contribution is -0.134. The number of hydrogen-bond acceptors (Lipinski definition) is 1. The second kappa shape index (κ2) is 3.30. The van der Waals surface area contributed by atoms with Crippen molar-refractivity contribution in [3.05, 3.63) is 9.52 Å². The molecule has 1 aliphatic rings. The molecule has 0 bridgehead atoms. The Labute approximate surface area is 97.0 Å². The summed E-state index contributed by atoms with van der Waals surface area (Å²) in [4.78, 5) is 10.1. The predicted molar refractivity (Wildman–Crippen MR) is 56.6 cm³/mol. The highest BCUT2D eigenvalue weighted by Gasteiger charge is 2.62. The van der Waals surface area contributed by atoms with Gasteiger partial charge in [-0.2, -0.15) is 0 Å². The van der Waals surface area contributed by atoms with Crippen molar-refractivity contribution in [3.63, 3.8) is 0 Å².